The maximum atomic E-state index is 12.9. The molecule has 0 spiro atoms. The van der Waals surface area contributed by atoms with E-state index in [1.54, 1.807) is 0 Å². The van der Waals surface area contributed by atoms with E-state index in [4.69, 9.17) is 0 Å². The molecule has 122 valence electrons. The van der Waals surface area contributed by atoms with Crippen molar-refractivity contribution in [3.05, 3.63) is 57.9 Å². The number of aromatic nitrogens is 2. The molecular weight excluding hydrogens is 338 g/mol. The fourth-order valence-corrected chi connectivity index (χ4v) is 3.74. The van der Waals surface area contributed by atoms with Crippen LogP contribution in [0.15, 0.2) is 41.2 Å². The van der Waals surface area contributed by atoms with E-state index in [2.05, 4.69) is 4.98 Å². The van der Waals surface area contributed by atoms with Crippen molar-refractivity contribution < 1.29 is 10.2 Å². The monoisotopic (exact) mass is 349 g/mol. The van der Waals surface area contributed by atoms with E-state index < -0.39 is 5.56 Å². The van der Waals surface area contributed by atoms with Crippen LogP contribution in [0, 0.1) is 18.3 Å². The molecular formula is C18H11N3O3S. The van der Waals surface area contributed by atoms with Crippen molar-refractivity contribution in [1.29, 1.82) is 5.26 Å². The van der Waals surface area contributed by atoms with Crippen molar-refractivity contribution in [3.8, 4) is 28.8 Å². The van der Waals surface area contributed by atoms with Crippen LogP contribution >= 0.6 is 11.3 Å². The Kier molecular flexibility index (Phi) is 3.23. The maximum Gasteiger partial charge on any atom is 0.277 e. The molecule has 2 aromatic carbocycles. The number of nitrogens with zero attached hydrogens (tertiary/aromatic N) is 3. The summed E-state index contributed by atoms with van der Waals surface area (Å²) in [4.78, 5) is 17.7. The molecule has 2 heterocycles. The van der Waals surface area contributed by atoms with Crippen LogP contribution in [0.5, 0.6) is 11.5 Å². The topological polar surface area (TPSA) is 98.6 Å². The van der Waals surface area contributed by atoms with E-state index in [1.165, 1.54) is 27.9 Å². The van der Waals surface area contributed by atoms with Gasteiger partial charge in [0.25, 0.3) is 5.56 Å². The fraction of sp³-hybridized carbons (Fsp3) is 0.0556. The average molecular weight is 349 g/mol. The minimum Gasteiger partial charge on any atom is -0.504 e. The van der Waals surface area contributed by atoms with E-state index in [0.29, 0.717) is 26.4 Å². The Hall–Kier alpha value is -3.37. The Balaban J connectivity index is 2.13. The summed E-state index contributed by atoms with van der Waals surface area (Å²) < 4.78 is 1.87. The quantitative estimate of drug-likeness (QED) is 0.514. The summed E-state index contributed by atoms with van der Waals surface area (Å²) in [5, 5.41) is 28.9. The van der Waals surface area contributed by atoms with Crippen LogP contribution < -0.4 is 5.56 Å². The van der Waals surface area contributed by atoms with Crippen molar-refractivity contribution in [3.63, 3.8) is 0 Å². The number of thiazole rings is 1. The van der Waals surface area contributed by atoms with Crippen molar-refractivity contribution >= 4 is 26.5 Å². The third-order valence-corrected chi connectivity index (χ3v) is 4.99. The molecule has 0 radical (unpaired) electrons. The van der Waals surface area contributed by atoms with Crippen LogP contribution in [-0.4, -0.2) is 19.6 Å². The van der Waals surface area contributed by atoms with Crippen molar-refractivity contribution in [2.24, 2.45) is 0 Å². The molecule has 0 bridgehead atoms. The molecule has 2 N–H and O–H groups in total. The van der Waals surface area contributed by atoms with Crippen molar-refractivity contribution in [1.82, 2.24) is 9.38 Å². The summed E-state index contributed by atoms with van der Waals surface area (Å²) in [5.74, 6) is -0.605. The fourth-order valence-electron chi connectivity index (χ4n) is 2.70. The lowest BCUT2D eigenvalue weighted by Crippen LogP contribution is -2.18. The summed E-state index contributed by atoms with van der Waals surface area (Å²) in [7, 11) is 0. The lowest BCUT2D eigenvalue weighted by molar-refractivity contribution is 0.405. The molecule has 0 atom stereocenters. The SMILES string of the molecule is Cc1ccc(-c2nc3sc4cc(O)c(O)cc4n3c(=O)c2C#N)cc1. The molecule has 4 aromatic rings. The lowest BCUT2D eigenvalue weighted by atomic mass is 10.1. The van der Waals surface area contributed by atoms with E-state index in [1.807, 2.05) is 37.3 Å². The first kappa shape index (κ1) is 15.2. The van der Waals surface area contributed by atoms with E-state index >= 15 is 0 Å². The predicted molar refractivity (Wildman–Crippen MR) is 95.1 cm³/mol. The van der Waals surface area contributed by atoms with Gasteiger partial charge in [-0.3, -0.25) is 4.79 Å². The van der Waals surface area contributed by atoms with Gasteiger partial charge in [-0.15, -0.1) is 0 Å². The van der Waals surface area contributed by atoms with Gasteiger partial charge >= 0.3 is 0 Å². The Labute approximate surface area is 145 Å². The molecule has 2 aromatic heterocycles. The molecule has 4 rings (SSSR count). The van der Waals surface area contributed by atoms with Gasteiger partial charge in [0, 0.05) is 17.7 Å². The molecule has 7 heteroatoms. The van der Waals surface area contributed by atoms with E-state index in [0.717, 1.165) is 5.56 Å². The summed E-state index contributed by atoms with van der Waals surface area (Å²) in [6, 6.07) is 12.0. The highest BCUT2D eigenvalue weighted by Gasteiger charge is 2.18. The Morgan fingerprint density at radius 2 is 1.84 bits per heavy atom. The number of nitriles is 1. The van der Waals surface area contributed by atoms with Crippen LogP contribution in [0.1, 0.15) is 11.1 Å². The molecule has 0 fully saturated rings. The number of hydrogen-bond acceptors (Lipinski definition) is 6. The third-order valence-electron chi connectivity index (χ3n) is 3.99. The third kappa shape index (κ3) is 2.23. The van der Waals surface area contributed by atoms with Gasteiger partial charge in [-0.1, -0.05) is 41.2 Å². The summed E-state index contributed by atoms with van der Waals surface area (Å²) in [6.07, 6.45) is 0. The minimum absolute atomic E-state index is 0.0615. The standard InChI is InChI=1S/C18H11N3O3S/c1-9-2-4-10(5-3-9)16-11(8-19)17(24)21-12-6-13(22)14(23)7-15(12)25-18(21)20-16/h2-7,22-23H,1H3. The number of phenolic OH excluding ortho intramolecular Hbond substituents is 2. The number of rotatable bonds is 1. The number of phenols is 2. The maximum absolute atomic E-state index is 12.9. The summed E-state index contributed by atoms with van der Waals surface area (Å²) in [6.45, 7) is 1.95. The zero-order valence-corrected chi connectivity index (χ0v) is 13.8. The average Bonchev–Trinajstić information content (AvgIpc) is 2.93. The second kappa shape index (κ2) is 5.33. The molecule has 0 saturated carbocycles. The van der Waals surface area contributed by atoms with Crippen molar-refractivity contribution in [2.75, 3.05) is 0 Å². The Morgan fingerprint density at radius 3 is 2.52 bits per heavy atom. The first-order valence-corrected chi connectivity index (χ1v) is 8.19. The first-order valence-electron chi connectivity index (χ1n) is 7.38. The van der Waals surface area contributed by atoms with Crippen LogP contribution in [0.25, 0.3) is 26.4 Å². The molecule has 25 heavy (non-hydrogen) atoms. The zero-order valence-electron chi connectivity index (χ0n) is 13.0. The first-order chi connectivity index (χ1) is 12.0. The van der Waals surface area contributed by atoms with Gasteiger partial charge in [-0.2, -0.15) is 5.26 Å². The smallest absolute Gasteiger partial charge is 0.277 e. The molecule has 0 amide bonds. The highest BCUT2D eigenvalue weighted by Crippen LogP contribution is 2.35. The van der Waals surface area contributed by atoms with E-state index in [9.17, 15) is 20.3 Å². The summed E-state index contributed by atoms with van der Waals surface area (Å²) >= 11 is 1.20. The number of benzene rings is 2. The molecule has 0 saturated heterocycles. The van der Waals surface area contributed by atoms with Crippen LogP contribution in [0.4, 0.5) is 0 Å². The highest BCUT2D eigenvalue weighted by atomic mass is 32.1. The largest absolute Gasteiger partial charge is 0.504 e. The van der Waals surface area contributed by atoms with Crippen molar-refractivity contribution in [2.45, 2.75) is 6.92 Å². The molecule has 0 unspecified atom stereocenters. The summed E-state index contributed by atoms with van der Waals surface area (Å²) in [5.41, 5.74) is 1.91. The van der Waals surface area contributed by atoms with Gasteiger partial charge in [-0.25, -0.2) is 9.38 Å². The number of fused-ring (bicyclic) bond motifs is 3. The molecule has 0 aliphatic carbocycles. The van der Waals surface area contributed by atoms with Crippen LogP contribution in [-0.2, 0) is 0 Å². The van der Waals surface area contributed by atoms with Gasteiger partial charge < -0.3 is 10.2 Å². The Bertz CT molecular complexity index is 1250. The number of aromatic hydroxyl groups is 2. The van der Waals surface area contributed by atoms with Gasteiger partial charge in [0.05, 0.1) is 15.9 Å². The molecule has 0 aliphatic heterocycles. The zero-order chi connectivity index (χ0) is 17.7. The molecule has 6 nitrogen and oxygen atoms in total. The van der Waals surface area contributed by atoms with Gasteiger partial charge in [-0.05, 0) is 6.92 Å². The van der Waals surface area contributed by atoms with Crippen LogP contribution in [0.2, 0.25) is 0 Å². The molecule has 0 aliphatic rings. The van der Waals surface area contributed by atoms with E-state index in [-0.39, 0.29) is 17.1 Å². The second-order valence-electron chi connectivity index (χ2n) is 5.65. The highest BCUT2D eigenvalue weighted by molar-refractivity contribution is 7.23. The predicted octanol–water partition coefficient (Wildman–Crippen LogP) is 3.17. The van der Waals surface area contributed by atoms with Gasteiger partial charge in [0.15, 0.2) is 16.5 Å². The van der Waals surface area contributed by atoms with Gasteiger partial charge in [0.2, 0.25) is 0 Å². The minimum atomic E-state index is -0.501. The lowest BCUT2D eigenvalue weighted by Gasteiger charge is -2.05. The number of hydrogen-bond donors (Lipinski definition) is 2. The van der Waals surface area contributed by atoms with Crippen LogP contribution in [0.3, 0.4) is 0 Å². The second-order valence-corrected chi connectivity index (χ2v) is 6.66. The Morgan fingerprint density at radius 1 is 1.16 bits per heavy atom. The number of aryl methyl sites for hydroxylation is 1. The van der Waals surface area contributed by atoms with Gasteiger partial charge in [0.1, 0.15) is 11.6 Å². The normalized spacial score (nSPS) is 11.0.